The molecule has 0 heterocycles. The van der Waals surface area contributed by atoms with Gasteiger partial charge >= 0.3 is 0 Å². The van der Waals surface area contributed by atoms with Crippen molar-refractivity contribution in [2.75, 3.05) is 0 Å². The molecule has 0 atom stereocenters. The molecule has 2 aromatic carbocycles. The van der Waals surface area contributed by atoms with Gasteiger partial charge in [-0.1, -0.05) is 57.2 Å². The normalized spacial score (nSPS) is 12.1. The number of hydrogen-bond acceptors (Lipinski definition) is 2. The van der Waals surface area contributed by atoms with E-state index in [1.807, 2.05) is 24.3 Å². The second-order valence-corrected chi connectivity index (χ2v) is 12.3. The Labute approximate surface area is 141 Å². The van der Waals surface area contributed by atoms with Crippen LogP contribution in [0.2, 0.25) is 18.1 Å². The third-order valence-corrected chi connectivity index (χ3v) is 8.85. The summed E-state index contributed by atoms with van der Waals surface area (Å²) in [5, 5.41) is 0.161. The minimum atomic E-state index is -1.88. The molecule has 0 aliphatic heterocycles. The average molecular weight is 329 g/mol. The van der Waals surface area contributed by atoms with Crippen LogP contribution in [0.4, 0.5) is 0 Å². The molecular formula is C20H28O2Si. The molecule has 0 spiro atoms. The van der Waals surface area contributed by atoms with Crippen LogP contribution in [-0.4, -0.2) is 8.32 Å². The maximum atomic E-state index is 6.45. The fourth-order valence-corrected chi connectivity index (χ4v) is 3.00. The van der Waals surface area contributed by atoms with Gasteiger partial charge in [0.15, 0.2) is 5.75 Å². The Morgan fingerprint density at radius 2 is 1.57 bits per heavy atom. The van der Waals surface area contributed by atoms with Gasteiger partial charge in [-0.3, -0.25) is 0 Å². The van der Waals surface area contributed by atoms with Crippen molar-refractivity contribution in [2.45, 2.75) is 52.4 Å². The van der Waals surface area contributed by atoms with Crippen LogP contribution < -0.4 is 9.16 Å². The van der Waals surface area contributed by atoms with E-state index < -0.39 is 8.32 Å². The zero-order valence-corrected chi connectivity index (χ0v) is 16.1. The Balaban J connectivity index is 2.20. The van der Waals surface area contributed by atoms with E-state index in [1.54, 1.807) is 0 Å². The Morgan fingerprint density at radius 1 is 0.913 bits per heavy atom. The smallest absolute Gasteiger partial charge is 0.250 e. The fourth-order valence-electron chi connectivity index (χ4n) is 1.98. The quantitative estimate of drug-likeness (QED) is 0.631. The molecule has 0 aromatic heterocycles. The molecule has 0 amide bonds. The van der Waals surface area contributed by atoms with Crippen LogP contribution in [0.25, 0.3) is 0 Å². The summed E-state index contributed by atoms with van der Waals surface area (Å²) in [5.74, 6) is 1.69. The molecule has 3 heteroatoms. The van der Waals surface area contributed by atoms with Crippen LogP contribution in [0.1, 0.15) is 31.9 Å². The largest absolute Gasteiger partial charge is 0.541 e. The van der Waals surface area contributed by atoms with Gasteiger partial charge < -0.3 is 9.16 Å². The van der Waals surface area contributed by atoms with Gasteiger partial charge in [0.2, 0.25) is 0 Å². The van der Waals surface area contributed by atoms with Gasteiger partial charge in [-0.15, -0.1) is 0 Å². The van der Waals surface area contributed by atoms with E-state index >= 15 is 0 Å². The van der Waals surface area contributed by atoms with Crippen molar-refractivity contribution in [3.05, 3.63) is 59.7 Å². The number of ether oxygens (including phenoxy) is 1. The first kappa shape index (κ1) is 17.6. The second-order valence-electron chi connectivity index (χ2n) is 7.59. The molecular weight excluding hydrogens is 300 g/mol. The predicted molar refractivity (Wildman–Crippen MR) is 99.8 cm³/mol. The minimum Gasteiger partial charge on any atom is -0.541 e. The van der Waals surface area contributed by atoms with Crippen LogP contribution in [-0.2, 0) is 6.61 Å². The number of rotatable bonds is 5. The number of hydrogen-bond donors (Lipinski definition) is 0. The summed E-state index contributed by atoms with van der Waals surface area (Å²) in [6.45, 7) is 13.9. The van der Waals surface area contributed by atoms with Crippen LogP contribution in [0, 0.1) is 6.92 Å². The molecule has 0 radical (unpaired) electrons. The van der Waals surface area contributed by atoms with Gasteiger partial charge in [0.1, 0.15) is 12.4 Å². The monoisotopic (exact) mass is 328 g/mol. The van der Waals surface area contributed by atoms with Crippen molar-refractivity contribution in [3.63, 3.8) is 0 Å². The van der Waals surface area contributed by atoms with Gasteiger partial charge in [0.25, 0.3) is 8.32 Å². The molecule has 0 aliphatic rings. The van der Waals surface area contributed by atoms with Crippen molar-refractivity contribution in [1.82, 2.24) is 0 Å². The molecule has 0 saturated heterocycles. The molecule has 2 rings (SSSR count). The van der Waals surface area contributed by atoms with Crippen molar-refractivity contribution in [2.24, 2.45) is 0 Å². The Kier molecular flexibility index (Phi) is 5.20. The maximum Gasteiger partial charge on any atom is 0.250 e. The summed E-state index contributed by atoms with van der Waals surface area (Å²) in [5.41, 5.74) is 2.34. The highest BCUT2D eigenvalue weighted by Gasteiger charge is 2.39. The zero-order valence-electron chi connectivity index (χ0n) is 15.1. The SMILES string of the molecule is Cc1ccc(O[Si](C)(C)C(C)(C)C)c(OCc2ccccc2)c1. The lowest BCUT2D eigenvalue weighted by Crippen LogP contribution is -2.43. The van der Waals surface area contributed by atoms with E-state index in [0.29, 0.717) is 6.61 Å². The summed E-state index contributed by atoms with van der Waals surface area (Å²) in [7, 11) is -1.88. The van der Waals surface area contributed by atoms with Gasteiger partial charge in [0.05, 0.1) is 0 Å². The number of aryl methyl sites for hydroxylation is 1. The summed E-state index contributed by atoms with van der Waals surface area (Å²) in [6, 6.07) is 16.4. The lowest BCUT2D eigenvalue weighted by Gasteiger charge is -2.36. The van der Waals surface area contributed by atoms with Crippen LogP contribution in [0.3, 0.4) is 0 Å². The van der Waals surface area contributed by atoms with Crippen molar-refractivity contribution < 1.29 is 9.16 Å². The second kappa shape index (κ2) is 6.79. The molecule has 2 nitrogen and oxygen atoms in total. The lowest BCUT2D eigenvalue weighted by molar-refractivity contribution is 0.294. The molecule has 0 fully saturated rings. The summed E-state index contributed by atoms with van der Waals surface area (Å²) in [6.07, 6.45) is 0. The van der Waals surface area contributed by atoms with Crippen molar-refractivity contribution in [3.8, 4) is 11.5 Å². The van der Waals surface area contributed by atoms with E-state index in [-0.39, 0.29) is 5.04 Å². The third-order valence-electron chi connectivity index (χ3n) is 4.51. The van der Waals surface area contributed by atoms with E-state index in [1.165, 1.54) is 5.56 Å². The first-order chi connectivity index (χ1) is 10.7. The Hall–Kier alpha value is -1.74. The maximum absolute atomic E-state index is 6.45. The molecule has 2 aromatic rings. The third kappa shape index (κ3) is 4.61. The molecule has 0 aliphatic carbocycles. The summed E-state index contributed by atoms with van der Waals surface area (Å²) >= 11 is 0. The zero-order chi connectivity index (χ0) is 17.1. The predicted octanol–water partition coefficient (Wildman–Crippen LogP) is 5.96. The highest BCUT2D eigenvalue weighted by molar-refractivity contribution is 6.74. The van der Waals surface area contributed by atoms with E-state index in [2.05, 4.69) is 65.1 Å². The topological polar surface area (TPSA) is 18.5 Å². The highest BCUT2D eigenvalue weighted by atomic mass is 28.4. The van der Waals surface area contributed by atoms with E-state index in [0.717, 1.165) is 17.1 Å². The first-order valence-corrected chi connectivity index (χ1v) is 11.1. The first-order valence-electron chi connectivity index (χ1n) is 8.15. The van der Waals surface area contributed by atoms with Crippen molar-refractivity contribution in [1.29, 1.82) is 0 Å². The molecule has 0 N–H and O–H groups in total. The lowest BCUT2D eigenvalue weighted by atomic mass is 10.2. The van der Waals surface area contributed by atoms with Gasteiger partial charge in [-0.2, -0.15) is 0 Å². The fraction of sp³-hybridized carbons (Fsp3) is 0.400. The minimum absolute atomic E-state index is 0.161. The molecule has 124 valence electrons. The van der Waals surface area contributed by atoms with Crippen LogP contribution in [0.5, 0.6) is 11.5 Å². The van der Waals surface area contributed by atoms with E-state index in [4.69, 9.17) is 9.16 Å². The molecule has 0 saturated carbocycles. The Morgan fingerprint density at radius 3 is 2.17 bits per heavy atom. The highest BCUT2D eigenvalue weighted by Crippen LogP contribution is 2.40. The average Bonchev–Trinajstić information content (AvgIpc) is 2.47. The van der Waals surface area contributed by atoms with Crippen LogP contribution >= 0.6 is 0 Å². The Bertz CT molecular complexity index is 642. The number of benzene rings is 2. The van der Waals surface area contributed by atoms with Crippen LogP contribution in [0.15, 0.2) is 48.5 Å². The molecule has 23 heavy (non-hydrogen) atoms. The molecule has 0 unspecified atom stereocenters. The standard InChI is InChI=1S/C20H28O2Si/c1-16-12-13-18(22-23(5,6)20(2,3)4)19(14-16)21-15-17-10-8-7-9-11-17/h7-14H,15H2,1-6H3. The van der Waals surface area contributed by atoms with E-state index in [9.17, 15) is 0 Å². The molecule has 0 bridgehead atoms. The van der Waals surface area contributed by atoms with Crippen molar-refractivity contribution >= 4 is 8.32 Å². The summed E-state index contributed by atoms with van der Waals surface area (Å²) < 4.78 is 12.5. The van der Waals surface area contributed by atoms with Gasteiger partial charge in [-0.25, -0.2) is 0 Å². The van der Waals surface area contributed by atoms with Gasteiger partial charge in [0, 0.05) is 0 Å². The summed E-state index contributed by atoms with van der Waals surface area (Å²) in [4.78, 5) is 0. The van der Waals surface area contributed by atoms with Gasteiger partial charge in [-0.05, 0) is 48.3 Å².